The van der Waals surface area contributed by atoms with Crippen molar-refractivity contribution in [1.29, 1.82) is 0 Å². The molecule has 0 atom stereocenters. The van der Waals surface area contributed by atoms with Gasteiger partial charge in [0.2, 0.25) is 0 Å². The largest absolute Gasteiger partial charge is 0.426 e. The number of amides is 1. The molecule has 8 heteroatoms. The van der Waals surface area contributed by atoms with Crippen molar-refractivity contribution in [2.24, 2.45) is 0 Å². The first kappa shape index (κ1) is 12.7. The topological polar surface area (TPSA) is 79.0 Å². The fourth-order valence-electron chi connectivity index (χ4n) is 1.30. The van der Waals surface area contributed by atoms with Gasteiger partial charge in [0.05, 0.1) is 10.7 Å². The second-order valence-corrected chi connectivity index (χ2v) is 4.29. The van der Waals surface area contributed by atoms with Gasteiger partial charge in [0.1, 0.15) is 0 Å². The Hall–Kier alpha value is -1.79. The van der Waals surface area contributed by atoms with E-state index in [1.54, 1.807) is 12.1 Å². The number of hydrogen-bond acceptors (Lipinski definition) is 3. The zero-order valence-corrected chi connectivity index (χ0v) is 10.5. The molecule has 0 saturated heterocycles. The number of hydrogen-bond donors (Lipinski definition) is 2. The lowest BCUT2D eigenvalue weighted by Gasteiger charge is -2.04. The molecule has 2 aromatic rings. The van der Waals surface area contributed by atoms with E-state index < -0.39 is 5.63 Å². The second-order valence-electron chi connectivity index (χ2n) is 3.44. The summed E-state index contributed by atoms with van der Waals surface area (Å²) < 4.78 is 5.62. The number of aromatic amines is 1. The molecule has 0 saturated carbocycles. The highest BCUT2D eigenvalue weighted by atomic mass is 35.5. The molecule has 0 bridgehead atoms. The molecule has 0 aliphatic heterocycles. The van der Waals surface area contributed by atoms with E-state index in [2.05, 4.69) is 15.1 Å². The molecular formula is C10H8Cl2N3O3+. The fourth-order valence-corrected chi connectivity index (χ4v) is 1.75. The minimum absolute atomic E-state index is 0.0926. The van der Waals surface area contributed by atoms with Crippen LogP contribution in [0.4, 0.5) is 5.69 Å². The number of benzene rings is 1. The number of anilines is 1. The van der Waals surface area contributed by atoms with Crippen LogP contribution in [0.1, 0.15) is 0 Å². The van der Waals surface area contributed by atoms with Crippen molar-refractivity contribution in [3.8, 4) is 0 Å². The summed E-state index contributed by atoms with van der Waals surface area (Å²) in [7, 11) is 0. The molecule has 0 unspecified atom stereocenters. The predicted octanol–water partition coefficient (Wildman–Crippen LogP) is 1.20. The van der Waals surface area contributed by atoms with Crippen LogP contribution in [0.3, 0.4) is 0 Å². The summed E-state index contributed by atoms with van der Waals surface area (Å²) in [4.78, 5) is 22.4. The van der Waals surface area contributed by atoms with E-state index in [-0.39, 0.29) is 12.5 Å². The molecule has 2 N–H and O–H groups in total. The lowest BCUT2D eigenvalue weighted by molar-refractivity contribution is -0.750. The Kier molecular flexibility index (Phi) is 3.69. The first-order chi connectivity index (χ1) is 8.54. The number of aromatic nitrogens is 2. The summed E-state index contributed by atoms with van der Waals surface area (Å²) in [6.45, 7) is -0.0926. The zero-order chi connectivity index (χ0) is 13.1. The van der Waals surface area contributed by atoms with Gasteiger partial charge in [-0.2, -0.15) is 0 Å². The third-order valence-electron chi connectivity index (χ3n) is 2.04. The number of nitrogens with one attached hydrogen (secondary N) is 2. The Morgan fingerprint density at radius 1 is 1.44 bits per heavy atom. The predicted molar refractivity (Wildman–Crippen MR) is 64.6 cm³/mol. The molecule has 6 nitrogen and oxygen atoms in total. The fraction of sp³-hybridized carbons (Fsp3) is 0.100. The van der Waals surface area contributed by atoms with Gasteiger partial charge in [0, 0.05) is 5.02 Å². The molecule has 1 aromatic heterocycles. The van der Waals surface area contributed by atoms with Gasteiger partial charge in [-0.3, -0.25) is 9.32 Å². The summed E-state index contributed by atoms with van der Waals surface area (Å²) in [5.41, 5.74) is -0.121. The van der Waals surface area contributed by atoms with Gasteiger partial charge in [-0.25, -0.2) is 4.79 Å². The first-order valence-electron chi connectivity index (χ1n) is 4.87. The van der Waals surface area contributed by atoms with Gasteiger partial charge in [0.15, 0.2) is 0 Å². The van der Waals surface area contributed by atoms with Crippen molar-refractivity contribution in [2.45, 2.75) is 6.54 Å². The normalized spacial score (nSPS) is 10.3. The van der Waals surface area contributed by atoms with Gasteiger partial charge in [0.25, 0.3) is 18.6 Å². The monoisotopic (exact) mass is 288 g/mol. The van der Waals surface area contributed by atoms with Crippen molar-refractivity contribution < 1.29 is 14.0 Å². The quantitative estimate of drug-likeness (QED) is 0.833. The Morgan fingerprint density at radius 2 is 2.22 bits per heavy atom. The Balaban J connectivity index is 2.05. The molecule has 94 valence electrons. The van der Waals surface area contributed by atoms with Crippen LogP contribution in [-0.4, -0.2) is 11.2 Å². The van der Waals surface area contributed by atoms with E-state index in [0.29, 0.717) is 15.7 Å². The third-order valence-corrected chi connectivity index (χ3v) is 2.59. The highest BCUT2D eigenvalue weighted by Crippen LogP contribution is 2.25. The van der Waals surface area contributed by atoms with E-state index in [4.69, 9.17) is 23.2 Å². The highest BCUT2D eigenvalue weighted by molar-refractivity contribution is 6.36. The maximum absolute atomic E-state index is 11.6. The van der Waals surface area contributed by atoms with Crippen LogP contribution in [-0.2, 0) is 11.3 Å². The summed E-state index contributed by atoms with van der Waals surface area (Å²) in [6.07, 6.45) is 1.13. The zero-order valence-electron chi connectivity index (χ0n) is 8.94. The van der Waals surface area contributed by atoms with E-state index in [1.165, 1.54) is 10.7 Å². The average molecular weight is 289 g/mol. The molecule has 0 radical (unpaired) electrons. The Bertz CT molecular complexity index is 635. The number of H-pyrrole nitrogens is 1. The maximum Gasteiger partial charge on any atom is 0.426 e. The molecule has 0 aliphatic rings. The summed E-state index contributed by atoms with van der Waals surface area (Å²) >= 11 is 11.6. The average Bonchev–Trinajstić information content (AvgIpc) is 2.68. The van der Waals surface area contributed by atoms with Crippen LogP contribution in [0.15, 0.2) is 33.7 Å². The van der Waals surface area contributed by atoms with E-state index in [0.717, 1.165) is 6.20 Å². The van der Waals surface area contributed by atoms with Gasteiger partial charge < -0.3 is 5.32 Å². The van der Waals surface area contributed by atoms with Crippen molar-refractivity contribution in [3.63, 3.8) is 0 Å². The molecule has 0 spiro atoms. The van der Waals surface area contributed by atoms with E-state index >= 15 is 0 Å². The van der Waals surface area contributed by atoms with Gasteiger partial charge in [-0.1, -0.05) is 27.9 Å². The van der Waals surface area contributed by atoms with Crippen molar-refractivity contribution in [3.05, 3.63) is 44.9 Å². The molecule has 2 rings (SSSR count). The SMILES string of the molecule is O=C(C[n+]1cc(=O)o[nH]1)Nc1ccc(Cl)cc1Cl. The second kappa shape index (κ2) is 5.24. The van der Waals surface area contributed by atoms with Crippen LogP contribution in [0.5, 0.6) is 0 Å². The number of carbonyl (C=O) groups excluding carboxylic acids is 1. The van der Waals surface area contributed by atoms with Gasteiger partial charge in [-0.15, -0.1) is 0 Å². The van der Waals surface area contributed by atoms with Crippen molar-refractivity contribution in [1.82, 2.24) is 5.27 Å². The van der Waals surface area contributed by atoms with Crippen LogP contribution >= 0.6 is 23.2 Å². The molecule has 1 aromatic carbocycles. The summed E-state index contributed by atoms with van der Waals surface area (Å²) in [5, 5.41) is 5.65. The third kappa shape index (κ3) is 3.12. The smallest absolute Gasteiger partial charge is 0.319 e. The molecule has 1 heterocycles. The maximum atomic E-state index is 11.6. The summed E-state index contributed by atoms with van der Waals surface area (Å²) in [6, 6.07) is 4.72. The lowest BCUT2D eigenvalue weighted by Crippen LogP contribution is -2.41. The van der Waals surface area contributed by atoms with Crippen LogP contribution in [0.2, 0.25) is 10.0 Å². The molecule has 0 fully saturated rings. The van der Waals surface area contributed by atoms with E-state index in [1.807, 2.05) is 0 Å². The highest BCUT2D eigenvalue weighted by Gasteiger charge is 2.14. The minimum atomic E-state index is -0.563. The van der Waals surface area contributed by atoms with Crippen LogP contribution < -0.4 is 15.6 Å². The molecule has 1 amide bonds. The van der Waals surface area contributed by atoms with Crippen molar-refractivity contribution >= 4 is 34.8 Å². The number of carbonyl (C=O) groups is 1. The van der Waals surface area contributed by atoms with Crippen LogP contribution in [0.25, 0.3) is 0 Å². The standard InChI is InChI=1S/C10H7Cl2N3O3/c11-6-1-2-8(7(12)3-6)13-9(16)4-15-5-10(17)18-14-15/h1-3,5H,4H2,(H-,13,14,16,17)/p+1. The van der Waals surface area contributed by atoms with E-state index in [9.17, 15) is 9.59 Å². The first-order valence-corrected chi connectivity index (χ1v) is 5.63. The van der Waals surface area contributed by atoms with Gasteiger partial charge in [-0.05, 0) is 23.5 Å². The summed E-state index contributed by atoms with van der Waals surface area (Å²) in [5.74, 6) is -0.360. The number of nitrogens with zero attached hydrogens (tertiary/aromatic N) is 1. The lowest BCUT2D eigenvalue weighted by atomic mass is 10.3. The molecule has 0 aliphatic carbocycles. The van der Waals surface area contributed by atoms with Crippen molar-refractivity contribution in [2.75, 3.05) is 5.32 Å². The molecular weight excluding hydrogens is 281 g/mol. The van der Waals surface area contributed by atoms with Gasteiger partial charge >= 0.3 is 5.63 Å². The Labute approximate surface area is 111 Å². The number of halogens is 2. The van der Waals surface area contributed by atoms with Crippen LogP contribution in [0, 0.1) is 0 Å². The molecule has 18 heavy (non-hydrogen) atoms. The number of rotatable bonds is 3. The Morgan fingerprint density at radius 3 is 2.83 bits per heavy atom. The minimum Gasteiger partial charge on any atom is -0.319 e.